The first kappa shape index (κ1) is 31.3. The largest absolute Gasteiger partial charge is 0.491 e. The lowest BCUT2D eigenvalue weighted by atomic mass is 10.1. The zero-order valence-electron chi connectivity index (χ0n) is 22.0. The summed E-state index contributed by atoms with van der Waals surface area (Å²) in [5.41, 5.74) is 12.0. The summed E-state index contributed by atoms with van der Waals surface area (Å²) in [6.45, 7) is 11.8. The Kier molecular flexibility index (Phi) is 16.9. The summed E-state index contributed by atoms with van der Waals surface area (Å²) < 4.78 is 27.4. The molecule has 0 fully saturated rings. The predicted molar refractivity (Wildman–Crippen MR) is 140 cm³/mol. The summed E-state index contributed by atoms with van der Waals surface area (Å²) in [6, 6.07) is 7.36. The number of nitrogens with zero attached hydrogens (tertiary/aromatic N) is 2. The van der Waals surface area contributed by atoms with Gasteiger partial charge in [0.1, 0.15) is 18.2 Å². The molecule has 204 valence electrons. The smallest absolute Gasteiger partial charge is 0.222 e. The fourth-order valence-electron chi connectivity index (χ4n) is 2.55. The molecule has 0 aliphatic carbocycles. The van der Waals surface area contributed by atoms with Crippen molar-refractivity contribution in [1.82, 2.24) is 5.32 Å². The Labute approximate surface area is 214 Å². The predicted octanol–water partition coefficient (Wildman–Crippen LogP) is 1.68. The number of amides is 1. The highest BCUT2D eigenvalue weighted by atomic mass is 16.6. The maximum absolute atomic E-state index is 11.7. The zero-order chi connectivity index (χ0) is 26.6. The number of nitrogens with one attached hydrogen (secondary N) is 1. The average molecular weight is 510 g/mol. The molecule has 0 aromatic heterocycles. The Balaban J connectivity index is 1.92. The number of rotatable bonds is 20. The van der Waals surface area contributed by atoms with Gasteiger partial charge in [-0.25, -0.2) is 0 Å². The van der Waals surface area contributed by atoms with E-state index in [1.54, 1.807) is 31.2 Å². The highest BCUT2D eigenvalue weighted by molar-refractivity contribution is 5.97. The quantitative estimate of drug-likeness (QED) is 0.104. The van der Waals surface area contributed by atoms with E-state index in [-0.39, 0.29) is 17.8 Å². The molecule has 0 aliphatic rings. The molecule has 0 saturated heterocycles. The second-order valence-corrected chi connectivity index (χ2v) is 8.40. The van der Waals surface area contributed by atoms with Crippen LogP contribution in [0.15, 0.2) is 34.5 Å². The van der Waals surface area contributed by atoms with E-state index in [0.29, 0.717) is 83.4 Å². The van der Waals surface area contributed by atoms with Gasteiger partial charge in [0, 0.05) is 18.0 Å². The second kappa shape index (κ2) is 19.5. The molecule has 1 amide bonds. The summed E-state index contributed by atoms with van der Waals surface area (Å²) in [4.78, 5) is 11.7. The SMILES string of the molecule is C/C(N)=N/N=C(\N)c1ccc(OCCOCCOCCOCCOCCC(=O)NC(C)C(C)C)cc1. The highest BCUT2D eigenvalue weighted by Crippen LogP contribution is 2.12. The normalized spacial score (nSPS) is 13.1. The topological polar surface area (TPSA) is 152 Å². The van der Waals surface area contributed by atoms with Crippen LogP contribution in [0.3, 0.4) is 0 Å². The van der Waals surface area contributed by atoms with E-state index in [4.69, 9.17) is 35.2 Å². The van der Waals surface area contributed by atoms with Gasteiger partial charge in [-0.1, -0.05) is 13.8 Å². The zero-order valence-corrected chi connectivity index (χ0v) is 22.0. The Bertz CT molecular complexity index is 782. The van der Waals surface area contributed by atoms with Crippen LogP contribution in [0.2, 0.25) is 0 Å². The van der Waals surface area contributed by atoms with Crippen molar-refractivity contribution in [2.24, 2.45) is 27.6 Å². The lowest BCUT2D eigenvalue weighted by Crippen LogP contribution is -2.36. The van der Waals surface area contributed by atoms with Crippen LogP contribution in [0.1, 0.15) is 39.7 Å². The maximum Gasteiger partial charge on any atom is 0.222 e. The van der Waals surface area contributed by atoms with E-state index in [1.165, 1.54) is 0 Å². The van der Waals surface area contributed by atoms with Crippen LogP contribution in [-0.2, 0) is 23.7 Å². The lowest BCUT2D eigenvalue weighted by molar-refractivity contribution is -0.123. The Morgan fingerprint density at radius 2 is 1.31 bits per heavy atom. The van der Waals surface area contributed by atoms with E-state index in [2.05, 4.69) is 29.4 Å². The van der Waals surface area contributed by atoms with Gasteiger partial charge < -0.3 is 40.5 Å². The van der Waals surface area contributed by atoms with Crippen LogP contribution in [-0.4, -0.2) is 83.1 Å². The minimum absolute atomic E-state index is 0.00903. The molecule has 0 aliphatic heterocycles. The van der Waals surface area contributed by atoms with Gasteiger partial charge in [-0.3, -0.25) is 4.79 Å². The van der Waals surface area contributed by atoms with Gasteiger partial charge in [-0.15, -0.1) is 10.2 Å². The Hall–Kier alpha value is -2.73. The highest BCUT2D eigenvalue weighted by Gasteiger charge is 2.10. The van der Waals surface area contributed by atoms with Crippen LogP contribution >= 0.6 is 0 Å². The van der Waals surface area contributed by atoms with Crippen molar-refractivity contribution in [2.45, 2.75) is 40.2 Å². The number of nitrogens with two attached hydrogens (primary N) is 2. The van der Waals surface area contributed by atoms with E-state index in [1.807, 2.05) is 6.92 Å². The monoisotopic (exact) mass is 509 g/mol. The third-order valence-corrected chi connectivity index (χ3v) is 4.94. The summed E-state index contributed by atoms with van der Waals surface area (Å²) in [7, 11) is 0. The number of carbonyl (C=O) groups is 1. The van der Waals surface area contributed by atoms with Gasteiger partial charge in [0.25, 0.3) is 0 Å². The van der Waals surface area contributed by atoms with Crippen molar-refractivity contribution in [3.8, 4) is 5.75 Å². The number of carbonyl (C=O) groups excluding carboxylic acids is 1. The standard InChI is InChI=1S/C25H43N5O6/c1-19(2)20(3)28-24(31)9-10-32-11-12-33-13-14-34-15-16-35-17-18-36-23-7-5-22(6-8-23)25(27)30-29-21(4)26/h5-8,19-20H,9-18H2,1-4H3,(H2,26,29)(H2,27,30)(H,28,31). The summed E-state index contributed by atoms with van der Waals surface area (Å²) in [6.07, 6.45) is 0.354. The summed E-state index contributed by atoms with van der Waals surface area (Å²) in [5, 5.41) is 10.5. The maximum atomic E-state index is 11.7. The van der Waals surface area contributed by atoms with E-state index in [9.17, 15) is 4.79 Å². The molecular formula is C25H43N5O6. The first-order valence-electron chi connectivity index (χ1n) is 12.3. The molecule has 0 heterocycles. The van der Waals surface area contributed by atoms with Crippen LogP contribution < -0.4 is 21.5 Å². The van der Waals surface area contributed by atoms with Crippen LogP contribution in [0.4, 0.5) is 0 Å². The third kappa shape index (κ3) is 16.0. The summed E-state index contributed by atoms with van der Waals surface area (Å²) >= 11 is 0. The lowest BCUT2D eigenvalue weighted by Gasteiger charge is -2.17. The molecule has 1 unspecified atom stereocenters. The van der Waals surface area contributed by atoms with Gasteiger partial charge in [0.05, 0.1) is 52.9 Å². The number of ether oxygens (including phenoxy) is 5. The van der Waals surface area contributed by atoms with Gasteiger partial charge in [-0.05, 0) is 44.0 Å². The number of benzene rings is 1. The van der Waals surface area contributed by atoms with Gasteiger partial charge in [-0.2, -0.15) is 0 Å². The molecule has 1 aromatic rings. The fraction of sp³-hybridized carbons (Fsp3) is 0.640. The fourth-order valence-corrected chi connectivity index (χ4v) is 2.55. The van der Waals surface area contributed by atoms with E-state index >= 15 is 0 Å². The van der Waals surface area contributed by atoms with Crippen molar-refractivity contribution >= 4 is 17.6 Å². The Morgan fingerprint density at radius 3 is 1.81 bits per heavy atom. The molecule has 11 heteroatoms. The molecule has 0 bridgehead atoms. The van der Waals surface area contributed by atoms with Crippen molar-refractivity contribution in [3.63, 3.8) is 0 Å². The average Bonchev–Trinajstić information content (AvgIpc) is 2.85. The van der Waals surface area contributed by atoms with Crippen LogP contribution in [0.25, 0.3) is 0 Å². The summed E-state index contributed by atoms with van der Waals surface area (Å²) in [5.74, 6) is 1.74. The Morgan fingerprint density at radius 1 is 0.806 bits per heavy atom. The number of amidine groups is 2. The third-order valence-electron chi connectivity index (χ3n) is 4.94. The number of hydrogen-bond donors (Lipinski definition) is 3. The molecule has 0 radical (unpaired) electrons. The molecule has 1 aromatic carbocycles. The molecule has 0 spiro atoms. The molecule has 36 heavy (non-hydrogen) atoms. The second-order valence-electron chi connectivity index (χ2n) is 8.40. The number of hydrogen-bond acceptors (Lipinski definition) is 8. The van der Waals surface area contributed by atoms with Gasteiger partial charge in [0.2, 0.25) is 5.91 Å². The van der Waals surface area contributed by atoms with Gasteiger partial charge >= 0.3 is 0 Å². The van der Waals surface area contributed by atoms with Crippen molar-refractivity contribution in [3.05, 3.63) is 29.8 Å². The molecule has 11 nitrogen and oxygen atoms in total. The van der Waals surface area contributed by atoms with Crippen LogP contribution in [0, 0.1) is 5.92 Å². The van der Waals surface area contributed by atoms with Gasteiger partial charge in [0.15, 0.2) is 5.84 Å². The van der Waals surface area contributed by atoms with E-state index < -0.39 is 0 Å². The first-order valence-corrected chi connectivity index (χ1v) is 12.3. The molecule has 0 saturated carbocycles. The van der Waals surface area contributed by atoms with Crippen molar-refractivity contribution in [2.75, 3.05) is 59.5 Å². The minimum atomic E-state index is 0.00903. The van der Waals surface area contributed by atoms with E-state index in [0.717, 1.165) is 5.56 Å². The molecular weight excluding hydrogens is 466 g/mol. The first-order chi connectivity index (χ1) is 17.3. The van der Waals surface area contributed by atoms with Crippen molar-refractivity contribution in [1.29, 1.82) is 0 Å². The molecule has 1 rings (SSSR count). The van der Waals surface area contributed by atoms with Crippen molar-refractivity contribution < 1.29 is 28.5 Å². The molecule has 5 N–H and O–H groups in total. The van der Waals surface area contributed by atoms with Crippen LogP contribution in [0.5, 0.6) is 5.75 Å². The minimum Gasteiger partial charge on any atom is -0.491 e. The molecule has 1 atom stereocenters.